The number of alkyl halides is 3. The van der Waals surface area contributed by atoms with Crippen LogP contribution in [0.15, 0.2) is 47.5 Å². The number of aromatic nitrogens is 1. The first-order valence-electron chi connectivity index (χ1n) is 13.6. The Hall–Kier alpha value is -4.62. The van der Waals surface area contributed by atoms with Gasteiger partial charge in [0.2, 0.25) is 26.0 Å². The highest BCUT2D eigenvalue weighted by molar-refractivity contribution is 7.99. The molecule has 0 saturated heterocycles. The smallest absolute Gasteiger partial charge is 0.348 e. The second kappa shape index (κ2) is 17.2. The number of pyridine rings is 1. The van der Waals surface area contributed by atoms with Crippen LogP contribution in [0, 0.1) is 36.3 Å². The highest BCUT2D eigenvalue weighted by Gasteiger charge is 2.33. The fourth-order valence-corrected chi connectivity index (χ4v) is 5.65. The molecule has 18 heteroatoms. The number of halogens is 5. The quantitative estimate of drug-likeness (QED) is 0.0955. The van der Waals surface area contributed by atoms with Gasteiger partial charge in [0.25, 0.3) is 0 Å². The van der Waals surface area contributed by atoms with Crippen molar-refractivity contribution in [3.05, 3.63) is 87.6 Å². The summed E-state index contributed by atoms with van der Waals surface area (Å²) in [5.41, 5.74) is 4.93. The predicted octanol–water partition coefficient (Wildman–Crippen LogP) is 4.67. The second-order valence-electron chi connectivity index (χ2n) is 9.81. The molecule has 1 aromatic heterocycles. The molecule has 1 heterocycles. The minimum absolute atomic E-state index is 0.0442. The number of nitrogens with one attached hydrogen (secondary N) is 3. The molecule has 49 heavy (non-hydrogen) atoms. The van der Waals surface area contributed by atoms with Crippen molar-refractivity contribution in [2.75, 3.05) is 27.7 Å². The first-order chi connectivity index (χ1) is 22.7. The highest BCUT2D eigenvalue weighted by Crippen LogP contribution is 2.31. The molecule has 0 bridgehead atoms. The molecule has 0 radical (unpaired) electrons. The number of hydrogen-bond donors (Lipinski definition) is 4. The van der Waals surface area contributed by atoms with Crippen molar-refractivity contribution in [1.29, 1.82) is 0 Å². The summed E-state index contributed by atoms with van der Waals surface area (Å²) in [5, 5.41) is 2.63. The van der Waals surface area contributed by atoms with Crippen molar-refractivity contribution in [3.8, 4) is 24.7 Å². The lowest BCUT2D eigenvalue weighted by molar-refractivity contribution is -0.141. The van der Waals surface area contributed by atoms with Crippen molar-refractivity contribution in [1.82, 2.24) is 10.3 Å². The van der Waals surface area contributed by atoms with Crippen LogP contribution in [0.5, 0.6) is 0 Å². The van der Waals surface area contributed by atoms with Gasteiger partial charge < -0.3 is 11.1 Å². The number of sulfonamides is 2. The molecule has 1 amide bonds. The van der Waals surface area contributed by atoms with Gasteiger partial charge in [-0.05, 0) is 53.3 Å². The molecule has 262 valence electrons. The summed E-state index contributed by atoms with van der Waals surface area (Å²) in [6, 6.07) is 7.03. The van der Waals surface area contributed by atoms with E-state index in [-0.39, 0.29) is 46.2 Å². The molecule has 3 rings (SSSR count). The average molecular weight is 744 g/mol. The number of anilines is 2. The van der Waals surface area contributed by atoms with Gasteiger partial charge in [0, 0.05) is 24.7 Å². The van der Waals surface area contributed by atoms with E-state index in [0.29, 0.717) is 16.9 Å². The Bertz CT molecular complexity index is 2040. The number of nitrogens with zero attached hydrogens (tertiary/aromatic N) is 1. The van der Waals surface area contributed by atoms with E-state index in [9.17, 15) is 43.6 Å². The number of nitrogens with two attached hydrogens (primary N) is 1. The van der Waals surface area contributed by atoms with E-state index >= 15 is 0 Å². The Morgan fingerprint density at radius 1 is 0.939 bits per heavy atom. The Kier molecular flexibility index (Phi) is 14.2. The third-order valence-corrected chi connectivity index (χ3v) is 7.80. The van der Waals surface area contributed by atoms with Crippen molar-refractivity contribution in [2.45, 2.75) is 31.2 Å². The van der Waals surface area contributed by atoms with Crippen LogP contribution in [0.25, 0.3) is 6.08 Å². The number of carbonyl (C=O) groups excluding carboxylic acids is 1. The molecule has 0 fully saturated rings. The third-order valence-electron chi connectivity index (χ3n) is 5.76. The third kappa shape index (κ3) is 13.1. The summed E-state index contributed by atoms with van der Waals surface area (Å²) in [5.74, 6) is 2.64. The van der Waals surface area contributed by atoms with Gasteiger partial charge in [-0.3, -0.25) is 14.2 Å². The van der Waals surface area contributed by atoms with Gasteiger partial charge in [-0.1, -0.05) is 24.8 Å². The first-order valence-corrected chi connectivity index (χ1v) is 18.4. The average Bonchev–Trinajstić information content (AvgIpc) is 3.00. The predicted molar refractivity (Wildman–Crippen MR) is 180 cm³/mol. The molecule has 0 atom stereocenters. The Morgan fingerprint density at radius 3 is 1.90 bits per heavy atom. The second-order valence-corrected chi connectivity index (χ2v) is 14.6. The summed E-state index contributed by atoms with van der Waals surface area (Å²) in [7, 11) is -7.33. The molecule has 3 aromatic rings. The lowest BCUT2D eigenvalue weighted by Gasteiger charge is -2.11. The maximum Gasteiger partial charge on any atom is 0.433 e. The van der Waals surface area contributed by atoms with Crippen LogP contribution in [0.2, 0.25) is 0 Å². The molecule has 0 aliphatic heterocycles. The van der Waals surface area contributed by atoms with E-state index in [2.05, 4.69) is 22.1 Å². The molecule has 0 aliphatic rings. The normalized spacial score (nSPS) is 11.6. The summed E-state index contributed by atoms with van der Waals surface area (Å²) in [4.78, 5) is 15.8. The van der Waals surface area contributed by atoms with E-state index in [1.807, 2.05) is 9.44 Å². The van der Waals surface area contributed by atoms with Gasteiger partial charge in [0.05, 0.1) is 35.0 Å². The van der Waals surface area contributed by atoms with E-state index in [1.165, 1.54) is 24.3 Å². The molecule has 0 unspecified atom stereocenters. The first kappa shape index (κ1) is 40.6. The molecule has 0 aliphatic carbocycles. The minimum Gasteiger partial charge on any atom is -0.348 e. The zero-order valence-corrected chi connectivity index (χ0v) is 28.5. The van der Waals surface area contributed by atoms with Crippen LogP contribution in [0.3, 0.4) is 0 Å². The van der Waals surface area contributed by atoms with Crippen molar-refractivity contribution in [2.24, 2.45) is 5.73 Å². The summed E-state index contributed by atoms with van der Waals surface area (Å²) >= 11 is 1.10. The Labute approximate surface area is 285 Å². The number of amides is 1. The standard InChI is InChI=1S/C21H19F4N3O3S2.C10H11FN2O2S/c1-4-14-10-13(11-16(22)19(14)28-33(3,30)31)12-26-18(29)9-7-15-6-8-17(21(23,24)25)27-20(15)32-5-2;1-3-8-4-7(6-12)5-9(11)10(8)13-16(2,14)15/h1,6-11,28H,5,12H2,2-3H3,(H,26,29);1,4-5,13H,6,12H2,2H3. The number of carbonyl (C=O) groups is 1. The molecule has 2 aromatic carbocycles. The molecule has 5 N–H and O–H groups in total. The van der Waals surface area contributed by atoms with E-state index in [4.69, 9.17) is 18.6 Å². The van der Waals surface area contributed by atoms with E-state index in [0.717, 1.165) is 48.5 Å². The topological polar surface area (TPSA) is 160 Å². The largest absolute Gasteiger partial charge is 0.433 e. The molecular formula is C31H30F5N5O5S3. The minimum atomic E-state index is -4.58. The molecular weight excluding hydrogens is 714 g/mol. The van der Waals surface area contributed by atoms with Crippen LogP contribution in [-0.2, 0) is 44.1 Å². The lowest BCUT2D eigenvalue weighted by Crippen LogP contribution is -2.21. The molecule has 0 spiro atoms. The summed E-state index contributed by atoms with van der Waals surface area (Å²) in [6.45, 7) is 1.76. The number of hydrogen-bond acceptors (Lipinski definition) is 8. The number of rotatable bonds is 11. The summed E-state index contributed by atoms with van der Waals surface area (Å²) < 4.78 is 115. The van der Waals surface area contributed by atoms with Crippen molar-refractivity contribution < 1.29 is 43.6 Å². The van der Waals surface area contributed by atoms with Crippen LogP contribution < -0.4 is 20.5 Å². The van der Waals surface area contributed by atoms with E-state index in [1.54, 1.807) is 6.92 Å². The maximum atomic E-state index is 14.3. The Balaban J connectivity index is 0.000000435. The van der Waals surface area contributed by atoms with Gasteiger partial charge in [-0.25, -0.2) is 30.6 Å². The van der Waals surface area contributed by atoms with Gasteiger partial charge in [0.1, 0.15) is 22.4 Å². The lowest BCUT2D eigenvalue weighted by atomic mass is 10.1. The van der Waals surface area contributed by atoms with Crippen LogP contribution in [0.4, 0.5) is 33.3 Å². The van der Waals surface area contributed by atoms with Crippen LogP contribution in [-0.4, -0.2) is 46.0 Å². The zero-order chi connectivity index (χ0) is 37.2. The van der Waals surface area contributed by atoms with Crippen LogP contribution >= 0.6 is 11.8 Å². The number of benzene rings is 2. The van der Waals surface area contributed by atoms with Gasteiger partial charge in [-0.15, -0.1) is 24.6 Å². The fraction of sp³-hybridized carbons (Fsp3) is 0.226. The van der Waals surface area contributed by atoms with Crippen LogP contribution in [0.1, 0.15) is 40.4 Å². The SMILES string of the molecule is C#Cc1cc(CN)cc(F)c1NS(C)(=O)=O.C#Cc1cc(CNC(=O)C=Cc2ccc(C(F)(F)F)nc2SCC)cc(F)c1NS(C)(=O)=O. The Morgan fingerprint density at radius 2 is 1.45 bits per heavy atom. The number of terminal acetylenes is 2. The summed E-state index contributed by atoms with van der Waals surface area (Å²) in [6.07, 6.45) is 10.1. The van der Waals surface area contributed by atoms with Gasteiger partial charge in [0.15, 0.2) is 0 Å². The zero-order valence-electron chi connectivity index (χ0n) is 26.1. The van der Waals surface area contributed by atoms with Gasteiger partial charge >= 0.3 is 6.18 Å². The van der Waals surface area contributed by atoms with Crippen molar-refractivity contribution in [3.63, 3.8) is 0 Å². The highest BCUT2D eigenvalue weighted by atomic mass is 32.2. The van der Waals surface area contributed by atoms with Gasteiger partial charge in [-0.2, -0.15) is 13.2 Å². The maximum absolute atomic E-state index is 14.3. The monoisotopic (exact) mass is 743 g/mol. The number of thioether (sulfide) groups is 1. The molecule has 10 nitrogen and oxygen atoms in total. The van der Waals surface area contributed by atoms with Crippen molar-refractivity contribution >= 4 is 55.2 Å². The van der Waals surface area contributed by atoms with E-state index < -0.39 is 49.5 Å². The fourth-order valence-electron chi connectivity index (χ4n) is 3.75. The molecule has 0 saturated carbocycles.